The highest BCUT2D eigenvalue weighted by molar-refractivity contribution is 6.34. The van der Waals surface area contributed by atoms with Crippen LogP contribution in [0.5, 0.6) is 0 Å². The molecule has 1 aliphatic rings. The van der Waals surface area contributed by atoms with E-state index in [2.05, 4.69) is 0 Å². The largest absolute Gasteiger partial charge is 0.324 e. The summed E-state index contributed by atoms with van der Waals surface area (Å²) in [7, 11) is 0. The summed E-state index contributed by atoms with van der Waals surface area (Å²) in [6.45, 7) is 0. The molecule has 1 nitrogen and oxygen atoms in total. The van der Waals surface area contributed by atoms with Gasteiger partial charge in [0.25, 0.3) is 0 Å². The van der Waals surface area contributed by atoms with Crippen LogP contribution in [0.1, 0.15) is 30.0 Å². The number of benzene rings is 1. The third kappa shape index (κ3) is 1.56. The Labute approximate surface area is 87.8 Å². The Morgan fingerprint density at radius 2 is 1.92 bits per heavy atom. The standard InChI is InChI=1S/C10H11Cl2N/c11-7-4-5-8(12)10-6(7)2-1-3-9(10)13/h4-5,9H,1-3,13H2. The first kappa shape index (κ1) is 9.32. The maximum absolute atomic E-state index is 6.07. The van der Waals surface area contributed by atoms with Gasteiger partial charge >= 0.3 is 0 Å². The molecule has 70 valence electrons. The lowest BCUT2D eigenvalue weighted by molar-refractivity contribution is 0.571. The van der Waals surface area contributed by atoms with Crippen LogP contribution in [0.25, 0.3) is 0 Å². The maximum Gasteiger partial charge on any atom is 0.0457 e. The minimum Gasteiger partial charge on any atom is -0.324 e. The molecule has 0 radical (unpaired) electrons. The zero-order valence-corrected chi connectivity index (χ0v) is 8.70. The lowest BCUT2D eigenvalue weighted by atomic mass is 9.88. The summed E-state index contributed by atoms with van der Waals surface area (Å²) < 4.78 is 0. The SMILES string of the molecule is NC1CCCc2c(Cl)ccc(Cl)c21. The molecule has 0 aromatic heterocycles. The molecule has 0 bridgehead atoms. The van der Waals surface area contributed by atoms with Crippen LogP contribution >= 0.6 is 23.2 Å². The Morgan fingerprint density at radius 1 is 1.23 bits per heavy atom. The van der Waals surface area contributed by atoms with Gasteiger partial charge in [0.15, 0.2) is 0 Å². The zero-order chi connectivity index (χ0) is 9.42. The number of hydrogen-bond donors (Lipinski definition) is 1. The quantitative estimate of drug-likeness (QED) is 0.707. The van der Waals surface area contributed by atoms with Gasteiger partial charge in [-0.15, -0.1) is 0 Å². The Bertz CT molecular complexity index is 336. The first-order valence-corrected chi connectivity index (χ1v) is 5.18. The molecule has 0 amide bonds. The Morgan fingerprint density at radius 3 is 2.62 bits per heavy atom. The van der Waals surface area contributed by atoms with Crippen LogP contribution in [0, 0.1) is 0 Å². The zero-order valence-electron chi connectivity index (χ0n) is 7.19. The second kappa shape index (κ2) is 3.49. The highest BCUT2D eigenvalue weighted by Crippen LogP contribution is 2.37. The van der Waals surface area contributed by atoms with Crippen molar-refractivity contribution in [2.24, 2.45) is 5.73 Å². The Kier molecular flexibility index (Phi) is 2.50. The van der Waals surface area contributed by atoms with Gasteiger partial charge in [0, 0.05) is 16.1 Å². The Balaban J connectivity index is 2.60. The molecule has 2 rings (SSSR count). The summed E-state index contributed by atoms with van der Waals surface area (Å²) in [4.78, 5) is 0. The molecule has 1 aliphatic carbocycles. The van der Waals surface area contributed by atoms with Crippen molar-refractivity contribution < 1.29 is 0 Å². The van der Waals surface area contributed by atoms with Gasteiger partial charge in [0.2, 0.25) is 0 Å². The van der Waals surface area contributed by atoms with Crippen LogP contribution < -0.4 is 5.73 Å². The van der Waals surface area contributed by atoms with E-state index < -0.39 is 0 Å². The smallest absolute Gasteiger partial charge is 0.0457 e. The van der Waals surface area contributed by atoms with Crippen LogP contribution in [-0.2, 0) is 6.42 Å². The minimum atomic E-state index is 0.0648. The van der Waals surface area contributed by atoms with Crippen LogP contribution in [-0.4, -0.2) is 0 Å². The van der Waals surface area contributed by atoms with E-state index in [1.54, 1.807) is 0 Å². The number of halogens is 2. The molecule has 0 saturated carbocycles. The summed E-state index contributed by atoms with van der Waals surface area (Å²) in [5.41, 5.74) is 8.18. The third-order valence-corrected chi connectivity index (χ3v) is 3.24. The fourth-order valence-corrected chi connectivity index (χ4v) is 2.48. The van der Waals surface area contributed by atoms with E-state index in [-0.39, 0.29) is 6.04 Å². The molecule has 0 heterocycles. The third-order valence-electron chi connectivity index (χ3n) is 2.56. The van der Waals surface area contributed by atoms with Crippen molar-refractivity contribution in [3.05, 3.63) is 33.3 Å². The Hall–Kier alpha value is -0.240. The number of hydrogen-bond acceptors (Lipinski definition) is 1. The van der Waals surface area contributed by atoms with Crippen LogP contribution in [0.4, 0.5) is 0 Å². The van der Waals surface area contributed by atoms with Crippen LogP contribution in [0.15, 0.2) is 12.1 Å². The number of nitrogens with two attached hydrogens (primary N) is 1. The fraction of sp³-hybridized carbons (Fsp3) is 0.400. The van der Waals surface area contributed by atoms with Crippen molar-refractivity contribution in [1.29, 1.82) is 0 Å². The normalized spacial score (nSPS) is 21.3. The lowest BCUT2D eigenvalue weighted by Crippen LogP contribution is -2.18. The molecule has 0 saturated heterocycles. The molecular weight excluding hydrogens is 205 g/mol. The van der Waals surface area contributed by atoms with Crippen LogP contribution in [0.3, 0.4) is 0 Å². The van der Waals surface area contributed by atoms with Gasteiger partial charge in [0.1, 0.15) is 0 Å². The van der Waals surface area contributed by atoms with Gasteiger partial charge in [0.05, 0.1) is 0 Å². The minimum absolute atomic E-state index is 0.0648. The van der Waals surface area contributed by atoms with E-state index >= 15 is 0 Å². The summed E-state index contributed by atoms with van der Waals surface area (Å²) >= 11 is 12.1. The van der Waals surface area contributed by atoms with Gasteiger partial charge in [-0.1, -0.05) is 23.2 Å². The summed E-state index contributed by atoms with van der Waals surface area (Å²) in [5, 5.41) is 1.56. The average molecular weight is 216 g/mol. The monoisotopic (exact) mass is 215 g/mol. The van der Waals surface area contributed by atoms with E-state index in [0.717, 1.165) is 40.4 Å². The molecule has 1 atom stereocenters. The molecule has 0 fully saturated rings. The van der Waals surface area contributed by atoms with Gasteiger partial charge in [-0.3, -0.25) is 0 Å². The molecule has 0 spiro atoms. The van der Waals surface area contributed by atoms with Crippen molar-refractivity contribution in [3.63, 3.8) is 0 Å². The van der Waals surface area contributed by atoms with Gasteiger partial charge in [-0.05, 0) is 42.5 Å². The van der Waals surface area contributed by atoms with Crippen molar-refractivity contribution in [2.75, 3.05) is 0 Å². The molecule has 2 N–H and O–H groups in total. The van der Waals surface area contributed by atoms with Crippen molar-refractivity contribution in [3.8, 4) is 0 Å². The van der Waals surface area contributed by atoms with Crippen molar-refractivity contribution in [2.45, 2.75) is 25.3 Å². The van der Waals surface area contributed by atoms with E-state index in [1.807, 2.05) is 12.1 Å². The summed E-state index contributed by atoms with van der Waals surface area (Å²) in [6, 6.07) is 3.74. The maximum atomic E-state index is 6.07. The highest BCUT2D eigenvalue weighted by atomic mass is 35.5. The first-order chi connectivity index (χ1) is 6.20. The van der Waals surface area contributed by atoms with Crippen molar-refractivity contribution in [1.82, 2.24) is 0 Å². The molecular formula is C10H11Cl2N. The average Bonchev–Trinajstić information content (AvgIpc) is 2.12. The topological polar surface area (TPSA) is 26.0 Å². The summed E-state index contributed by atoms with van der Waals surface area (Å²) in [6.07, 6.45) is 3.11. The molecule has 1 aromatic rings. The predicted octanol–water partition coefficient (Wildman–Crippen LogP) is 3.33. The van der Waals surface area contributed by atoms with E-state index in [0.29, 0.717) is 0 Å². The van der Waals surface area contributed by atoms with E-state index in [9.17, 15) is 0 Å². The van der Waals surface area contributed by atoms with Gasteiger partial charge < -0.3 is 5.73 Å². The van der Waals surface area contributed by atoms with Gasteiger partial charge in [-0.2, -0.15) is 0 Å². The second-order valence-electron chi connectivity index (χ2n) is 3.42. The lowest BCUT2D eigenvalue weighted by Gasteiger charge is -2.24. The van der Waals surface area contributed by atoms with Crippen molar-refractivity contribution >= 4 is 23.2 Å². The number of fused-ring (bicyclic) bond motifs is 1. The highest BCUT2D eigenvalue weighted by Gasteiger charge is 2.21. The fourth-order valence-electron chi connectivity index (χ4n) is 1.91. The second-order valence-corrected chi connectivity index (χ2v) is 4.23. The molecule has 1 aromatic carbocycles. The van der Waals surface area contributed by atoms with E-state index in [4.69, 9.17) is 28.9 Å². The number of rotatable bonds is 0. The first-order valence-electron chi connectivity index (χ1n) is 4.42. The summed E-state index contributed by atoms with van der Waals surface area (Å²) in [5.74, 6) is 0. The molecule has 13 heavy (non-hydrogen) atoms. The van der Waals surface area contributed by atoms with Gasteiger partial charge in [-0.25, -0.2) is 0 Å². The molecule has 0 aliphatic heterocycles. The predicted molar refractivity (Wildman–Crippen MR) is 56.3 cm³/mol. The molecule has 3 heteroatoms. The van der Waals surface area contributed by atoms with E-state index in [1.165, 1.54) is 0 Å². The van der Waals surface area contributed by atoms with Crippen LogP contribution in [0.2, 0.25) is 10.0 Å². The molecule has 1 unspecified atom stereocenters.